The molecular formula is C16H29NS. The maximum absolute atomic E-state index is 3.78. The van der Waals surface area contributed by atoms with E-state index in [0.717, 1.165) is 6.42 Å². The van der Waals surface area contributed by atoms with Crippen LogP contribution in [0.4, 0.5) is 0 Å². The number of hydrogen-bond acceptors (Lipinski definition) is 2. The summed E-state index contributed by atoms with van der Waals surface area (Å²) >= 11 is 1.94. The Labute approximate surface area is 117 Å². The van der Waals surface area contributed by atoms with Crippen LogP contribution >= 0.6 is 11.3 Å². The van der Waals surface area contributed by atoms with E-state index in [2.05, 4.69) is 65.9 Å². The van der Waals surface area contributed by atoms with E-state index in [1.807, 2.05) is 11.3 Å². The van der Waals surface area contributed by atoms with E-state index in [1.165, 1.54) is 16.2 Å². The van der Waals surface area contributed by atoms with Crippen molar-refractivity contribution in [2.45, 2.75) is 72.9 Å². The minimum absolute atomic E-state index is 0.175. The summed E-state index contributed by atoms with van der Waals surface area (Å²) in [6, 6.07) is 4.97. The lowest BCUT2D eigenvalue weighted by Crippen LogP contribution is -2.43. The summed E-state index contributed by atoms with van der Waals surface area (Å²) in [7, 11) is 0. The fourth-order valence-corrected chi connectivity index (χ4v) is 3.81. The third-order valence-electron chi connectivity index (χ3n) is 3.04. The molecule has 0 saturated carbocycles. The van der Waals surface area contributed by atoms with Gasteiger partial charge in [-0.25, -0.2) is 0 Å². The van der Waals surface area contributed by atoms with Crippen LogP contribution in [-0.2, 0) is 6.42 Å². The van der Waals surface area contributed by atoms with Gasteiger partial charge >= 0.3 is 0 Å². The van der Waals surface area contributed by atoms with Gasteiger partial charge in [-0.1, -0.05) is 27.7 Å². The monoisotopic (exact) mass is 267 g/mol. The van der Waals surface area contributed by atoms with Crippen LogP contribution in [0, 0.1) is 5.41 Å². The van der Waals surface area contributed by atoms with Crippen LogP contribution in [0.1, 0.15) is 70.7 Å². The van der Waals surface area contributed by atoms with Crippen molar-refractivity contribution in [1.82, 2.24) is 5.32 Å². The molecule has 1 rings (SSSR count). The highest BCUT2D eigenvalue weighted by Crippen LogP contribution is 2.30. The van der Waals surface area contributed by atoms with Gasteiger partial charge in [-0.3, -0.25) is 0 Å². The molecule has 104 valence electrons. The lowest BCUT2D eigenvalue weighted by atomic mass is 9.81. The Morgan fingerprint density at radius 3 is 2.22 bits per heavy atom. The summed E-state index contributed by atoms with van der Waals surface area (Å²) in [6.45, 7) is 16.0. The summed E-state index contributed by atoms with van der Waals surface area (Å²) in [5.74, 6) is 0. The predicted molar refractivity (Wildman–Crippen MR) is 83.4 cm³/mol. The minimum atomic E-state index is 0.175. The molecular weight excluding hydrogens is 238 g/mol. The second-order valence-corrected chi connectivity index (χ2v) is 8.34. The quantitative estimate of drug-likeness (QED) is 0.775. The SMILES string of the molecule is CCc1ccc(C(C)NC(C)(C)CC(C)(C)C)s1. The van der Waals surface area contributed by atoms with Crippen molar-refractivity contribution in [1.29, 1.82) is 0 Å². The highest BCUT2D eigenvalue weighted by molar-refractivity contribution is 7.12. The van der Waals surface area contributed by atoms with Crippen molar-refractivity contribution >= 4 is 11.3 Å². The van der Waals surface area contributed by atoms with Gasteiger partial charge in [-0.15, -0.1) is 11.3 Å². The van der Waals surface area contributed by atoms with Crippen molar-refractivity contribution in [2.75, 3.05) is 0 Å². The molecule has 0 aliphatic heterocycles. The fourth-order valence-electron chi connectivity index (χ4n) is 2.85. The summed E-state index contributed by atoms with van der Waals surface area (Å²) in [5, 5.41) is 3.78. The molecule has 0 bridgehead atoms. The standard InChI is InChI=1S/C16H29NS/c1-8-13-9-10-14(18-13)12(2)17-16(6,7)11-15(3,4)5/h9-10,12,17H,8,11H2,1-7H3. The number of thiophene rings is 1. The molecule has 1 aromatic heterocycles. The smallest absolute Gasteiger partial charge is 0.0390 e. The first-order valence-corrected chi connectivity index (χ1v) is 7.81. The maximum atomic E-state index is 3.78. The molecule has 0 fully saturated rings. The summed E-state index contributed by atoms with van der Waals surface area (Å²) in [5.41, 5.74) is 0.536. The van der Waals surface area contributed by atoms with E-state index in [-0.39, 0.29) is 5.54 Å². The number of nitrogens with one attached hydrogen (secondary N) is 1. The lowest BCUT2D eigenvalue weighted by Gasteiger charge is -2.35. The molecule has 18 heavy (non-hydrogen) atoms. The van der Waals surface area contributed by atoms with E-state index >= 15 is 0 Å². The summed E-state index contributed by atoms with van der Waals surface area (Å²) < 4.78 is 0. The van der Waals surface area contributed by atoms with Gasteiger partial charge in [0.1, 0.15) is 0 Å². The number of aryl methyl sites for hydroxylation is 1. The zero-order valence-electron chi connectivity index (χ0n) is 13.1. The Morgan fingerprint density at radius 1 is 1.17 bits per heavy atom. The average molecular weight is 267 g/mol. The van der Waals surface area contributed by atoms with Crippen molar-refractivity contribution in [3.8, 4) is 0 Å². The van der Waals surface area contributed by atoms with Crippen molar-refractivity contribution in [2.24, 2.45) is 5.41 Å². The van der Waals surface area contributed by atoms with Crippen LogP contribution in [0.2, 0.25) is 0 Å². The topological polar surface area (TPSA) is 12.0 Å². The van der Waals surface area contributed by atoms with Crippen molar-refractivity contribution < 1.29 is 0 Å². The van der Waals surface area contributed by atoms with Crippen LogP contribution < -0.4 is 5.32 Å². The van der Waals surface area contributed by atoms with Gasteiger partial charge in [-0.2, -0.15) is 0 Å². The fraction of sp³-hybridized carbons (Fsp3) is 0.750. The highest BCUT2D eigenvalue weighted by atomic mass is 32.1. The van der Waals surface area contributed by atoms with E-state index in [4.69, 9.17) is 0 Å². The lowest BCUT2D eigenvalue weighted by molar-refractivity contribution is 0.227. The Bertz CT molecular complexity index is 371. The van der Waals surface area contributed by atoms with Crippen LogP contribution in [-0.4, -0.2) is 5.54 Å². The highest BCUT2D eigenvalue weighted by Gasteiger charge is 2.27. The second-order valence-electron chi connectivity index (χ2n) is 7.14. The largest absolute Gasteiger partial charge is 0.304 e. The molecule has 0 aliphatic rings. The van der Waals surface area contributed by atoms with Crippen LogP contribution in [0.25, 0.3) is 0 Å². The number of rotatable bonds is 5. The molecule has 1 aromatic rings. The van der Waals surface area contributed by atoms with Gasteiger partial charge < -0.3 is 5.32 Å². The zero-order chi connectivity index (χ0) is 14.0. The molecule has 1 heterocycles. The molecule has 1 unspecified atom stereocenters. The molecule has 0 amide bonds. The molecule has 1 atom stereocenters. The Balaban J connectivity index is 2.65. The van der Waals surface area contributed by atoms with E-state index in [1.54, 1.807) is 0 Å². The average Bonchev–Trinajstić information content (AvgIpc) is 2.60. The van der Waals surface area contributed by atoms with E-state index in [9.17, 15) is 0 Å². The molecule has 0 radical (unpaired) electrons. The molecule has 0 spiro atoms. The molecule has 1 nitrogen and oxygen atoms in total. The minimum Gasteiger partial charge on any atom is -0.304 e. The van der Waals surface area contributed by atoms with Crippen molar-refractivity contribution in [3.05, 3.63) is 21.9 Å². The molecule has 0 saturated heterocycles. The van der Waals surface area contributed by atoms with E-state index < -0.39 is 0 Å². The van der Waals surface area contributed by atoms with Crippen LogP contribution in [0.15, 0.2) is 12.1 Å². The first-order chi connectivity index (χ1) is 8.13. The van der Waals surface area contributed by atoms with Gasteiger partial charge in [0.15, 0.2) is 0 Å². The van der Waals surface area contributed by atoms with Gasteiger partial charge in [0.25, 0.3) is 0 Å². The Hall–Kier alpha value is -0.340. The molecule has 0 aromatic carbocycles. The molecule has 1 N–H and O–H groups in total. The van der Waals surface area contributed by atoms with Crippen LogP contribution in [0.5, 0.6) is 0 Å². The van der Waals surface area contributed by atoms with Crippen LogP contribution in [0.3, 0.4) is 0 Å². The molecule has 0 aliphatic carbocycles. The van der Waals surface area contributed by atoms with Gasteiger partial charge in [0.05, 0.1) is 0 Å². The molecule has 2 heteroatoms. The second kappa shape index (κ2) is 5.75. The maximum Gasteiger partial charge on any atom is 0.0390 e. The Kier molecular flexibility index (Phi) is 5.02. The van der Waals surface area contributed by atoms with Crippen molar-refractivity contribution in [3.63, 3.8) is 0 Å². The summed E-state index contributed by atoms with van der Waals surface area (Å²) in [6.07, 6.45) is 2.32. The Morgan fingerprint density at radius 2 is 1.78 bits per heavy atom. The zero-order valence-corrected chi connectivity index (χ0v) is 13.9. The summed E-state index contributed by atoms with van der Waals surface area (Å²) in [4.78, 5) is 2.93. The van der Waals surface area contributed by atoms with Gasteiger partial charge in [-0.05, 0) is 51.2 Å². The van der Waals surface area contributed by atoms with E-state index in [0.29, 0.717) is 11.5 Å². The predicted octanol–water partition coefficient (Wildman–Crippen LogP) is 5.18. The normalized spacial score (nSPS) is 14.8. The van der Waals surface area contributed by atoms with Gasteiger partial charge in [0.2, 0.25) is 0 Å². The first-order valence-electron chi connectivity index (χ1n) is 6.99. The number of hydrogen-bond donors (Lipinski definition) is 1. The third kappa shape index (κ3) is 5.11. The van der Waals surface area contributed by atoms with Gasteiger partial charge in [0, 0.05) is 21.3 Å². The third-order valence-corrected chi connectivity index (χ3v) is 4.45. The first kappa shape index (κ1) is 15.7.